The highest BCUT2D eigenvalue weighted by molar-refractivity contribution is 7.80. The van der Waals surface area contributed by atoms with E-state index in [4.69, 9.17) is 21.7 Å². The first kappa shape index (κ1) is 24.1. The maximum atomic E-state index is 12.4. The van der Waals surface area contributed by atoms with Crippen molar-refractivity contribution in [2.45, 2.75) is 52.4 Å². The van der Waals surface area contributed by atoms with E-state index in [1.165, 1.54) is 32.1 Å². The lowest BCUT2D eigenvalue weighted by Crippen LogP contribution is -2.34. The van der Waals surface area contributed by atoms with Gasteiger partial charge in [0.15, 0.2) is 5.11 Å². The minimum atomic E-state index is -0.263. The van der Waals surface area contributed by atoms with Gasteiger partial charge in [-0.25, -0.2) is 0 Å². The Kier molecular flexibility index (Phi) is 9.35. The summed E-state index contributed by atoms with van der Waals surface area (Å²) in [6.07, 6.45) is 7.91. The van der Waals surface area contributed by atoms with Crippen LogP contribution in [0.3, 0.4) is 0 Å². The van der Waals surface area contributed by atoms with Gasteiger partial charge in [-0.15, -0.1) is 0 Å². The predicted octanol–water partition coefficient (Wildman–Crippen LogP) is 6.20. The number of rotatable bonds is 9. The van der Waals surface area contributed by atoms with E-state index in [2.05, 4.69) is 24.5 Å². The Morgan fingerprint density at radius 2 is 1.59 bits per heavy atom. The molecule has 6 heteroatoms. The monoisotopic (exact) mass is 454 g/mol. The quantitative estimate of drug-likeness (QED) is 0.442. The van der Waals surface area contributed by atoms with Crippen molar-refractivity contribution in [3.8, 4) is 11.5 Å². The summed E-state index contributed by atoms with van der Waals surface area (Å²) in [5.41, 5.74) is 1.32. The number of hydrogen-bond donors (Lipinski definition) is 2. The fraction of sp³-hybridized carbons (Fsp3) is 0.462. The summed E-state index contributed by atoms with van der Waals surface area (Å²) >= 11 is 5.28. The molecule has 0 unspecified atom stereocenters. The van der Waals surface area contributed by atoms with Gasteiger partial charge in [0, 0.05) is 11.3 Å². The first-order chi connectivity index (χ1) is 15.5. The topological polar surface area (TPSA) is 59.6 Å². The second-order valence-electron chi connectivity index (χ2n) is 8.80. The molecule has 0 atom stereocenters. The number of carbonyl (C=O) groups excluding carboxylic acids is 1. The number of amides is 1. The molecule has 1 amide bonds. The average Bonchev–Trinajstić information content (AvgIpc) is 2.80. The molecule has 5 nitrogen and oxygen atoms in total. The molecule has 0 saturated heterocycles. The molecule has 1 fully saturated rings. The molecule has 1 aliphatic carbocycles. The summed E-state index contributed by atoms with van der Waals surface area (Å²) in [6, 6.07) is 14.7. The Bertz CT molecular complexity index is 860. The van der Waals surface area contributed by atoms with E-state index in [1.54, 1.807) is 24.3 Å². The SMILES string of the molecule is CC(C)COc1ccc(C(=O)NC(=S)Nc2ccc(OCCC3CCCCC3)cc2)cc1. The van der Waals surface area contributed by atoms with Crippen molar-refractivity contribution < 1.29 is 14.3 Å². The third kappa shape index (κ3) is 8.15. The summed E-state index contributed by atoms with van der Waals surface area (Å²) in [5, 5.41) is 6.00. The first-order valence-corrected chi connectivity index (χ1v) is 12.0. The van der Waals surface area contributed by atoms with Gasteiger partial charge in [0.05, 0.1) is 13.2 Å². The van der Waals surface area contributed by atoms with Gasteiger partial charge in [-0.3, -0.25) is 10.1 Å². The summed E-state index contributed by atoms with van der Waals surface area (Å²) in [5.74, 6) is 2.59. The Morgan fingerprint density at radius 3 is 2.25 bits per heavy atom. The summed E-state index contributed by atoms with van der Waals surface area (Å²) in [7, 11) is 0. The molecular weight excluding hydrogens is 420 g/mol. The van der Waals surface area contributed by atoms with Crippen LogP contribution in [-0.4, -0.2) is 24.2 Å². The molecule has 0 radical (unpaired) electrons. The number of anilines is 1. The van der Waals surface area contributed by atoms with Crippen LogP contribution in [-0.2, 0) is 0 Å². The van der Waals surface area contributed by atoms with E-state index < -0.39 is 0 Å². The minimum Gasteiger partial charge on any atom is -0.494 e. The zero-order valence-corrected chi connectivity index (χ0v) is 19.9. The van der Waals surface area contributed by atoms with Gasteiger partial charge in [-0.2, -0.15) is 0 Å². The molecule has 2 aromatic rings. The van der Waals surface area contributed by atoms with E-state index in [0.717, 1.165) is 36.1 Å². The molecule has 2 aromatic carbocycles. The Hall–Kier alpha value is -2.60. The highest BCUT2D eigenvalue weighted by atomic mass is 32.1. The molecular formula is C26H34N2O3S. The van der Waals surface area contributed by atoms with Crippen molar-refractivity contribution in [3.63, 3.8) is 0 Å². The van der Waals surface area contributed by atoms with Gasteiger partial charge in [0.2, 0.25) is 0 Å². The van der Waals surface area contributed by atoms with Gasteiger partial charge in [0.25, 0.3) is 5.91 Å². The molecule has 3 rings (SSSR count). The fourth-order valence-electron chi connectivity index (χ4n) is 3.76. The first-order valence-electron chi connectivity index (χ1n) is 11.6. The third-order valence-corrected chi connectivity index (χ3v) is 5.76. The fourth-order valence-corrected chi connectivity index (χ4v) is 3.97. The van der Waals surface area contributed by atoms with Gasteiger partial charge in [-0.05, 0) is 79.0 Å². The van der Waals surface area contributed by atoms with Crippen molar-refractivity contribution in [2.24, 2.45) is 11.8 Å². The van der Waals surface area contributed by atoms with Gasteiger partial charge in [-0.1, -0.05) is 46.0 Å². The number of ether oxygens (including phenoxy) is 2. The van der Waals surface area contributed by atoms with Crippen molar-refractivity contribution in [3.05, 3.63) is 54.1 Å². The van der Waals surface area contributed by atoms with Crippen LogP contribution in [0.2, 0.25) is 0 Å². The largest absolute Gasteiger partial charge is 0.494 e. The summed E-state index contributed by atoms with van der Waals surface area (Å²) < 4.78 is 11.5. The maximum absolute atomic E-state index is 12.4. The smallest absolute Gasteiger partial charge is 0.257 e. The molecule has 32 heavy (non-hydrogen) atoms. The van der Waals surface area contributed by atoms with Crippen molar-refractivity contribution in [1.29, 1.82) is 0 Å². The normalized spacial score (nSPS) is 14.1. The molecule has 1 saturated carbocycles. The van der Waals surface area contributed by atoms with Crippen LogP contribution >= 0.6 is 12.2 Å². The standard InChI is InChI=1S/C26H34N2O3S/c1-19(2)18-31-24-12-8-21(9-13-24)25(29)28-26(32)27-22-10-14-23(15-11-22)30-17-16-20-6-4-3-5-7-20/h8-15,19-20H,3-7,16-18H2,1-2H3,(H2,27,28,29,32). The van der Waals surface area contributed by atoms with Crippen molar-refractivity contribution >= 4 is 28.9 Å². The Morgan fingerprint density at radius 1 is 0.969 bits per heavy atom. The van der Waals surface area contributed by atoms with Crippen molar-refractivity contribution in [1.82, 2.24) is 5.32 Å². The van der Waals surface area contributed by atoms with Crippen molar-refractivity contribution in [2.75, 3.05) is 18.5 Å². The van der Waals surface area contributed by atoms with Crippen LogP contribution in [0.5, 0.6) is 11.5 Å². The lowest BCUT2D eigenvalue weighted by atomic mass is 9.87. The number of carbonyl (C=O) groups is 1. The highest BCUT2D eigenvalue weighted by Crippen LogP contribution is 2.26. The zero-order valence-electron chi connectivity index (χ0n) is 19.1. The third-order valence-electron chi connectivity index (χ3n) is 5.56. The predicted molar refractivity (Wildman–Crippen MR) is 134 cm³/mol. The second kappa shape index (κ2) is 12.4. The van der Waals surface area contributed by atoms with Crippen LogP contribution in [0.4, 0.5) is 5.69 Å². The molecule has 1 aliphatic rings. The molecule has 0 aromatic heterocycles. The number of benzene rings is 2. The van der Waals surface area contributed by atoms with E-state index in [-0.39, 0.29) is 11.0 Å². The number of thiocarbonyl (C=S) groups is 1. The molecule has 0 spiro atoms. The summed E-state index contributed by atoms with van der Waals surface area (Å²) in [6.45, 7) is 5.58. The van der Waals surface area contributed by atoms with Crippen LogP contribution in [0.15, 0.2) is 48.5 Å². The molecule has 172 valence electrons. The molecule has 0 heterocycles. The molecule has 0 bridgehead atoms. The van der Waals surface area contributed by atoms with E-state index in [1.807, 2.05) is 24.3 Å². The van der Waals surface area contributed by atoms with Crippen LogP contribution in [0.25, 0.3) is 0 Å². The lowest BCUT2D eigenvalue weighted by Gasteiger charge is -2.21. The minimum absolute atomic E-state index is 0.251. The van der Waals surface area contributed by atoms with Crippen LogP contribution in [0, 0.1) is 11.8 Å². The van der Waals surface area contributed by atoms with Crippen LogP contribution in [0.1, 0.15) is 62.7 Å². The number of hydrogen-bond acceptors (Lipinski definition) is 4. The van der Waals surface area contributed by atoms with E-state index in [9.17, 15) is 4.79 Å². The summed E-state index contributed by atoms with van der Waals surface area (Å²) in [4.78, 5) is 12.4. The van der Waals surface area contributed by atoms with Gasteiger partial charge >= 0.3 is 0 Å². The molecule has 0 aliphatic heterocycles. The number of nitrogens with one attached hydrogen (secondary N) is 2. The average molecular weight is 455 g/mol. The van der Waals surface area contributed by atoms with E-state index >= 15 is 0 Å². The van der Waals surface area contributed by atoms with Gasteiger partial charge < -0.3 is 14.8 Å². The van der Waals surface area contributed by atoms with Gasteiger partial charge in [0.1, 0.15) is 11.5 Å². The zero-order chi connectivity index (χ0) is 22.8. The molecule has 2 N–H and O–H groups in total. The second-order valence-corrected chi connectivity index (χ2v) is 9.21. The van der Waals surface area contributed by atoms with Crippen LogP contribution < -0.4 is 20.1 Å². The highest BCUT2D eigenvalue weighted by Gasteiger charge is 2.13. The maximum Gasteiger partial charge on any atom is 0.257 e. The van der Waals surface area contributed by atoms with E-state index in [0.29, 0.717) is 18.1 Å². The lowest BCUT2D eigenvalue weighted by molar-refractivity contribution is 0.0977. The Balaban J connectivity index is 1.40. The Labute approximate surface area is 196 Å².